The number of carboxylic acids is 1. The number of benzene rings is 1. The summed E-state index contributed by atoms with van der Waals surface area (Å²) in [6.45, 7) is 14.8. The highest BCUT2D eigenvalue weighted by Gasteiger charge is 2.49. The minimum absolute atomic E-state index is 0.0797. The first-order valence-corrected chi connectivity index (χ1v) is 17.8. The van der Waals surface area contributed by atoms with E-state index in [2.05, 4.69) is 41.5 Å². The van der Waals surface area contributed by atoms with Crippen molar-refractivity contribution in [3.05, 3.63) is 60.1 Å². The fraction of sp³-hybridized carbons (Fsp3) is 0.605. The lowest BCUT2D eigenvalue weighted by Gasteiger charge is -2.55. The quantitative estimate of drug-likeness (QED) is 0.152. The van der Waals surface area contributed by atoms with E-state index in [9.17, 15) is 15.0 Å². The molecule has 3 fully saturated rings. The number of nitrogens with zero attached hydrogens (tertiary/aromatic N) is 4. The number of phenolic OH excluding ortho intramolecular Hbond substituents is 1. The van der Waals surface area contributed by atoms with E-state index in [1.54, 1.807) is 30.4 Å². The van der Waals surface area contributed by atoms with E-state index >= 15 is 0 Å². The third kappa shape index (κ3) is 9.65. The second-order valence-electron chi connectivity index (χ2n) is 14.5. The predicted octanol–water partition coefficient (Wildman–Crippen LogP) is 5.55. The fourth-order valence-corrected chi connectivity index (χ4v) is 7.83. The van der Waals surface area contributed by atoms with Crippen molar-refractivity contribution < 1.29 is 15.0 Å². The fourth-order valence-electron chi connectivity index (χ4n) is 7.83. The van der Waals surface area contributed by atoms with Gasteiger partial charge in [0.05, 0.1) is 11.6 Å². The number of carbonyl (C=O) groups is 1. The molecule has 1 saturated heterocycles. The maximum atomic E-state index is 11.1. The van der Waals surface area contributed by atoms with Gasteiger partial charge < -0.3 is 37.2 Å². The van der Waals surface area contributed by atoms with Crippen LogP contribution in [0.3, 0.4) is 0 Å². The van der Waals surface area contributed by atoms with Gasteiger partial charge in [-0.1, -0.05) is 38.5 Å². The Labute approximate surface area is 287 Å². The summed E-state index contributed by atoms with van der Waals surface area (Å²) in [5, 5.41) is 19.1. The molecular formula is C38H59N7O3. The van der Waals surface area contributed by atoms with Gasteiger partial charge in [-0.25, -0.2) is 4.99 Å². The van der Waals surface area contributed by atoms with E-state index in [4.69, 9.17) is 17.2 Å². The van der Waals surface area contributed by atoms with Crippen molar-refractivity contribution in [3.8, 4) is 5.75 Å². The van der Waals surface area contributed by atoms with Gasteiger partial charge in [0.15, 0.2) is 0 Å². The summed E-state index contributed by atoms with van der Waals surface area (Å²) in [5.41, 5.74) is 20.0. The van der Waals surface area contributed by atoms with E-state index in [0.29, 0.717) is 40.8 Å². The van der Waals surface area contributed by atoms with Gasteiger partial charge in [-0.05, 0) is 107 Å². The van der Waals surface area contributed by atoms with Crippen LogP contribution in [0, 0.1) is 29.1 Å². The van der Waals surface area contributed by atoms with Gasteiger partial charge in [-0.15, -0.1) is 6.58 Å². The first kappa shape index (κ1) is 37.0. The van der Waals surface area contributed by atoms with E-state index < -0.39 is 5.97 Å². The van der Waals surface area contributed by atoms with Gasteiger partial charge in [0, 0.05) is 49.1 Å². The second kappa shape index (κ2) is 17.0. The van der Waals surface area contributed by atoms with Gasteiger partial charge in [0.1, 0.15) is 17.4 Å². The largest absolute Gasteiger partial charge is 0.507 e. The van der Waals surface area contributed by atoms with Gasteiger partial charge in [-0.2, -0.15) is 0 Å². The SMILES string of the molecule is C=CCN(CC(C)CC)C(/C=C(\N)c1ccccc1O)=C(N)N.CC1=NCC(C2CCN(C3CC4(CCC(C(=O)O)CC4)C3)CC2)C=N1. The number of allylic oxidation sites excluding steroid dienone is 1. The van der Waals surface area contributed by atoms with Crippen LogP contribution in [0.5, 0.6) is 5.75 Å². The molecule has 2 unspecified atom stereocenters. The summed E-state index contributed by atoms with van der Waals surface area (Å²) in [6, 6.07) is 7.64. The molecular weight excluding hydrogens is 602 g/mol. The Morgan fingerprint density at radius 1 is 1.15 bits per heavy atom. The molecule has 2 saturated carbocycles. The second-order valence-corrected chi connectivity index (χ2v) is 14.5. The van der Waals surface area contributed by atoms with Gasteiger partial charge in [0.2, 0.25) is 0 Å². The lowest BCUT2D eigenvalue weighted by Crippen LogP contribution is -2.54. The number of aliphatic carboxylic acids is 1. The molecule has 10 heteroatoms. The first-order chi connectivity index (χ1) is 22.9. The molecule has 2 atom stereocenters. The van der Waals surface area contributed by atoms with Crippen LogP contribution >= 0.6 is 0 Å². The van der Waals surface area contributed by atoms with Gasteiger partial charge in [-0.3, -0.25) is 9.79 Å². The van der Waals surface area contributed by atoms with Crippen LogP contribution in [0.4, 0.5) is 0 Å². The van der Waals surface area contributed by atoms with Crippen LogP contribution in [0.2, 0.25) is 0 Å². The number of nitrogens with two attached hydrogens (primary N) is 3. The van der Waals surface area contributed by atoms with E-state index in [1.165, 1.54) is 38.8 Å². The molecule has 0 amide bonds. The number of aliphatic imine (C=N–C) groups is 2. The maximum absolute atomic E-state index is 11.1. The summed E-state index contributed by atoms with van der Waals surface area (Å²) in [6.07, 6.45) is 15.9. The number of phenols is 1. The normalized spacial score (nSPS) is 26.8. The Morgan fingerprint density at radius 2 is 1.81 bits per heavy atom. The van der Waals surface area contributed by atoms with Crippen molar-refractivity contribution in [2.24, 2.45) is 56.3 Å². The van der Waals surface area contributed by atoms with Crippen molar-refractivity contribution in [2.45, 2.75) is 84.6 Å². The lowest BCUT2D eigenvalue weighted by molar-refractivity contribution is -0.145. The number of para-hydroxylation sites is 1. The molecule has 1 aromatic rings. The van der Waals surface area contributed by atoms with Crippen molar-refractivity contribution >= 4 is 23.7 Å². The van der Waals surface area contributed by atoms with E-state index in [-0.39, 0.29) is 17.5 Å². The highest BCUT2D eigenvalue weighted by molar-refractivity contribution is 5.90. The number of hydrogen-bond donors (Lipinski definition) is 5. The van der Waals surface area contributed by atoms with Gasteiger partial charge >= 0.3 is 5.97 Å². The van der Waals surface area contributed by atoms with E-state index in [0.717, 1.165) is 63.0 Å². The number of rotatable bonds is 11. The molecule has 1 spiro atoms. The van der Waals surface area contributed by atoms with Crippen LogP contribution < -0.4 is 17.2 Å². The summed E-state index contributed by atoms with van der Waals surface area (Å²) in [7, 11) is 0. The van der Waals surface area contributed by atoms with Crippen LogP contribution in [0.25, 0.3) is 5.70 Å². The molecule has 2 aliphatic heterocycles. The van der Waals surface area contributed by atoms with Crippen LogP contribution in [0.1, 0.15) is 84.1 Å². The minimum atomic E-state index is -0.585. The highest BCUT2D eigenvalue weighted by atomic mass is 16.4. The number of amidine groups is 1. The summed E-state index contributed by atoms with van der Waals surface area (Å²) in [5.74, 6) is 2.33. The van der Waals surface area contributed by atoms with Crippen molar-refractivity contribution in [1.82, 2.24) is 9.80 Å². The number of piperidine rings is 1. The predicted molar refractivity (Wildman–Crippen MR) is 196 cm³/mol. The average molecular weight is 662 g/mol. The molecule has 2 heterocycles. The molecule has 8 N–H and O–H groups in total. The summed E-state index contributed by atoms with van der Waals surface area (Å²) < 4.78 is 0. The molecule has 48 heavy (non-hydrogen) atoms. The third-order valence-corrected chi connectivity index (χ3v) is 11.1. The van der Waals surface area contributed by atoms with E-state index in [1.807, 2.05) is 17.9 Å². The van der Waals surface area contributed by atoms with Crippen molar-refractivity contribution in [3.63, 3.8) is 0 Å². The third-order valence-electron chi connectivity index (χ3n) is 11.1. The molecule has 4 aliphatic rings. The molecule has 0 aromatic heterocycles. The number of likely N-dealkylation sites (tertiary alicyclic amines) is 1. The first-order valence-electron chi connectivity index (χ1n) is 17.8. The summed E-state index contributed by atoms with van der Waals surface area (Å²) >= 11 is 0. The van der Waals surface area contributed by atoms with Crippen molar-refractivity contribution in [2.75, 3.05) is 32.7 Å². The lowest BCUT2D eigenvalue weighted by atomic mass is 9.56. The molecule has 10 nitrogen and oxygen atoms in total. The Hall–Kier alpha value is -3.79. The molecule has 0 radical (unpaired) electrons. The number of hydrogen-bond acceptors (Lipinski definition) is 9. The Bertz CT molecular complexity index is 1360. The zero-order valence-corrected chi connectivity index (χ0v) is 29.4. The van der Waals surface area contributed by atoms with Crippen LogP contribution in [-0.2, 0) is 4.79 Å². The molecule has 1 aromatic carbocycles. The maximum Gasteiger partial charge on any atom is 0.306 e. The smallest absolute Gasteiger partial charge is 0.306 e. The summed E-state index contributed by atoms with van der Waals surface area (Å²) in [4.78, 5) is 24.8. The van der Waals surface area contributed by atoms with Crippen LogP contribution in [0.15, 0.2) is 64.5 Å². The Kier molecular flexibility index (Phi) is 13.2. The molecule has 0 bridgehead atoms. The number of aromatic hydroxyl groups is 1. The average Bonchev–Trinajstić information content (AvgIpc) is 3.06. The zero-order chi connectivity index (χ0) is 34.8. The minimum Gasteiger partial charge on any atom is -0.507 e. The van der Waals surface area contributed by atoms with Crippen LogP contribution in [-0.4, -0.2) is 76.8 Å². The monoisotopic (exact) mass is 661 g/mol. The molecule has 264 valence electrons. The zero-order valence-electron chi connectivity index (χ0n) is 29.4. The number of carboxylic acid groups (broad SMARTS) is 1. The topological polar surface area (TPSA) is 167 Å². The van der Waals surface area contributed by atoms with Crippen molar-refractivity contribution in [1.29, 1.82) is 0 Å². The Morgan fingerprint density at radius 3 is 2.35 bits per heavy atom. The standard InChI is InChI=1S/C20H31N3O2.C18H28N4O/c1-14-21-12-17(13-22-14)15-4-8-23(9-5-15)18-10-20(11-18)6-2-16(3-7-20)19(24)25;1-4-10-22(12-13(3)5-2)16(18(20)21)11-15(19)14-8-6-7-9-17(14)23/h12,15-18H,2-11,13H2,1H3,(H,24,25);4,6-9,11,13,23H,1,5,10,12,19-21H2,2-3H3/b;15-11-. The molecule has 5 rings (SSSR count). The van der Waals surface area contributed by atoms with Gasteiger partial charge in [0.25, 0.3) is 0 Å². The highest BCUT2D eigenvalue weighted by Crippen LogP contribution is 2.54. The Balaban J connectivity index is 0.000000218. The molecule has 2 aliphatic carbocycles.